The predicted octanol–water partition coefficient (Wildman–Crippen LogP) is 0.839. The minimum atomic E-state index is -0.531. The van der Waals surface area contributed by atoms with Crippen LogP contribution >= 0.6 is 0 Å². The average molecular weight is 182 g/mol. The van der Waals surface area contributed by atoms with Crippen LogP contribution in [0.5, 0.6) is 0 Å². The fourth-order valence-electron chi connectivity index (χ4n) is 1.20. The number of aliphatic hydroxyl groups is 1. The Kier molecular flexibility index (Phi) is 3.01. The van der Waals surface area contributed by atoms with Crippen molar-refractivity contribution in [3.8, 4) is 0 Å². The molecule has 0 bridgehead atoms. The Morgan fingerprint density at radius 1 is 1.62 bits per heavy atom. The third kappa shape index (κ3) is 2.26. The van der Waals surface area contributed by atoms with Crippen molar-refractivity contribution >= 4 is 5.78 Å². The summed E-state index contributed by atoms with van der Waals surface area (Å²) in [6.07, 6.45) is 4.77. The number of aliphatic hydroxyl groups excluding tert-OH is 1. The van der Waals surface area contributed by atoms with Crippen LogP contribution in [0.2, 0.25) is 0 Å². The van der Waals surface area contributed by atoms with Crippen LogP contribution in [0, 0.1) is 0 Å². The Bertz CT molecular complexity index is 265. The lowest BCUT2D eigenvalue weighted by Gasteiger charge is -2.29. The largest absolute Gasteiger partial charge is 0.394 e. The van der Waals surface area contributed by atoms with Gasteiger partial charge in [0.1, 0.15) is 5.60 Å². The van der Waals surface area contributed by atoms with E-state index >= 15 is 0 Å². The molecule has 1 aliphatic carbocycles. The molecular formula is C10H14O3. The van der Waals surface area contributed by atoms with Gasteiger partial charge < -0.3 is 9.84 Å². The summed E-state index contributed by atoms with van der Waals surface area (Å²) in [7, 11) is 0. The van der Waals surface area contributed by atoms with E-state index in [1.807, 2.05) is 13.8 Å². The first kappa shape index (κ1) is 10.2. The Balaban J connectivity index is 2.73. The first-order valence-electron chi connectivity index (χ1n) is 4.25. The van der Waals surface area contributed by atoms with Crippen LogP contribution < -0.4 is 0 Å². The van der Waals surface area contributed by atoms with Crippen molar-refractivity contribution in [1.82, 2.24) is 0 Å². The topological polar surface area (TPSA) is 46.5 Å². The fraction of sp³-hybridized carbons (Fsp3) is 0.500. The number of allylic oxidation sites excluding steroid dienone is 2. The highest BCUT2D eigenvalue weighted by atomic mass is 16.5. The maximum absolute atomic E-state index is 11.0. The van der Waals surface area contributed by atoms with Gasteiger partial charge in [0, 0.05) is 0 Å². The Labute approximate surface area is 77.7 Å². The second kappa shape index (κ2) is 3.85. The predicted molar refractivity (Wildman–Crippen MR) is 49.3 cm³/mol. The molecule has 0 aromatic heterocycles. The summed E-state index contributed by atoms with van der Waals surface area (Å²) in [5, 5.41) is 8.61. The molecule has 13 heavy (non-hydrogen) atoms. The molecule has 3 heteroatoms. The van der Waals surface area contributed by atoms with Crippen molar-refractivity contribution in [3.05, 3.63) is 23.8 Å². The summed E-state index contributed by atoms with van der Waals surface area (Å²) in [5.41, 5.74) is 0.338. The summed E-state index contributed by atoms with van der Waals surface area (Å²) in [6, 6.07) is 0. The lowest BCUT2D eigenvalue weighted by atomic mass is 9.91. The second-order valence-electron chi connectivity index (χ2n) is 3.24. The van der Waals surface area contributed by atoms with Gasteiger partial charge in [-0.15, -0.1) is 0 Å². The molecule has 3 nitrogen and oxygen atoms in total. The lowest BCUT2D eigenvalue weighted by Crippen LogP contribution is -2.31. The van der Waals surface area contributed by atoms with E-state index in [1.54, 1.807) is 12.2 Å². The molecule has 1 rings (SSSR count). The lowest BCUT2D eigenvalue weighted by molar-refractivity contribution is -0.111. The summed E-state index contributed by atoms with van der Waals surface area (Å²) >= 11 is 0. The average Bonchev–Trinajstić information content (AvgIpc) is 2.09. The first-order valence-corrected chi connectivity index (χ1v) is 4.25. The van der Waals surface area contributed by atoms with Crippen molar-refractivity contribution in [3.63, 3.8) is 0 Å². The van der Waals surface area contributed by atoms with Crippen LogP contribution in [0.25, 0.3) is 0 Å². The van der Waals surface area contributed by atoms with E-state index in [0.29, 0.717) is 0 Å². The summed E-state index contributed by atoms with van der Waals surface area (Å²) in [5.74, 6) is -0.0115. The first-order chi connectivity index (χ1) is 6.08. The van der Waals surface area contributed by atoms with E-state index in [0.717, 1.165) is 5.57 Å². The molecule has 72 valence electrons. The molecular weight excluding hydrogens is 168 g/mol. The van der Waals surface area contributed by atoms with E-state index in [9.17, 15) is 4.79 Å². The Morgan fingerprint density at radius 2 is 2.31 bits per heavy atom. The number of carbonyl (C=O) groups excluding carboxylic acids is 1. The van der Waals surface area contributed by atoms with Crippen LogP contribution in [-0.2, 0) is 9.53 Å². The van der Waals surface area contributed by atoms with Gasteiger partial charge in [-0.1, -0.05) is 0 Å². The molecule has 0 fully saturated rings. The number of carbonyl (C=O) groups is 1. The molecule has 1 atom stereocenters. The van der Waals surface area contributed by atoms with Crippen molar-refractivity contribution in [2.45, 2.75) is 19.4 Å². The summed E-state index contributed by atoms with van der Waals surface area (Å²) < 4.78 is 5.42. The third-order valence-corrected chi connectivity index (χ3v) is 2.20. The molecule has 0 saturated heterocycles. The highest BCUT2D eigenvalue weighted by molar-refractivity contribution is 6.01. The number of hydrogen-bond acceptors (Lipinski definition) is 3. The zero-order chi connectivity index (χ0) is 9.90. The molecule has 0 radical (unpaired) electrons. The van der Waals surface area contributed by atoms with Gasteiger partial charge in [0.15, 0.2) is 5.78 Å². The minimum absolute atomic E-state index is 0.00927. The molecule has 1 unspecified atom stereocenters. The van der Waals surface area contributed by atoms with Crippen molar-refractivity contribution < 1.29 is 14.6 Å². The standard InChI is InChI=1S/C10H14O3/c1-8-7-9(12)3-4-10(8,2)13-6-5-11/h3-4,7,11H,5-6H2,1-2H3. The molecule has 1 aliphatic rings. The van der Waals surface area contributed by atoms with Gasteiger partial charge in [-0.2, -0.15) is 0 Å². The van der Waals surface area contributed by atoms with Crippen LogP contribution in [0.3, 0.4) is 0 Å². The number of ether oxygens (including phenoxy) is 1. The summed E-state index contributed by atoms with van der Waals surface area (Å²) in [4.78, 5) is 11.0. The molecule has 0 aromatic rings. The maximum Gasteiger partial charge on any atom is 0.178 e. The van der Waals surface area contributed by atoms with Gasteiger partial charge in [-0.05, 0) is 37.6 Å². The van der Waals surface area contributed by atoms with Gasteiger partial charge >= 0.3 is 0 Å². The number of rotatable bonds is 3. The molecule has 1 N–H and O–H groups in total. The fourth-order valence-corrected chi connectivity index (χ4v) is 1.20. The molecule has 0 saturated carbocycles. The van der Waals surface area contributed by atoms with E-state index in [-0.39, 0.29) is 19.0 Å². The third-order valence-electron chi connectivity index (χ3n) is 2.20. The summed E-state index contributed by atoms with van der Waals surface area (Å²) in [6.45, 7) is 3.99. The van der Waals surface area contributed by atoms with Crippen LogP contribution in [-0.4, -0.2) is 29.7 Å². The van der Waals surface area contributed by atoms with E-state index in [2.05, 4.69) is 0 Å². The zero-order valence-electron chi connectivity index (χ0n) is 7.91. The smallest absolute Gasteiger partial charge is 0.178 e. The normalized spacial score (nSPS) is 27.6. The number of hydrogen-bond donors (Lipinski definition) is 1. The SMILES string of the molecule is CC1=CC(=O)C=CC1(C)OCCO. The zero-order valence-corrected chi connectivity index (χ0v) is 7.91. The quantitative estimate of drug-likeness (QED) is 0.703. The minimum Gasteiger partial charge on any atom is -0.394 e. The number of ketones is 1. The Hall–Kier alpha value is -0.930. The van der Waals surface area contributed by atoms with Crippen LogP contribution in [0.15, 0.2) is 23.8 Å². The van der Waals surface area contributed by atoms with Crippen LogP contribution in [0.1, 0.15) is 13.8 Å². The van der Waals surface area contributed by atoms with E-state index < -0.39 is 5.60 Å². The highest BCUT2D eigenvalue weighted by Crippen LogP contribution is 2.25. The van der Waals surface area contributed by atoms with Crippen molar-refractivity contribution in [2.75, 3.05) is 13.2 Å². The molecule has 0 heterocycles. The molecule has 0 aromatic carbocycles. The maximum atomic E-state index is 11.0. The van der Waals surface area contributed by atoms with Crippen molar-refractivity contribution in [1.29, 1.82) is 0 Å². The van der Waals surface area contributed by atoms with Gasteiger partial charge in [-0.25, -0.2) is 0 Å². The monoisotopic (exact) mass is 182 g/mol. The highest BCUT2D eigenvalue weighted by Gasteiger charge is 2.26. The van der Waals surface area contributed by atoms with Gasteiger partial charge in [0.2, 0.25) is 0 Å². The van der Waals surface area contributed by atoms with E-state index in [1.165, 1.54) is 6.08 Å². The van der Waals surface area contributed by atoms with Gasteiger partial charge in [0.25, 0.3) is 0 Å². The molecule has 0 spiro atoms. The second-order valence-corrected chi connectivity index (χ2v) is 3.24. The van der Waals surface area contributed by atoms with Gasteiger partial charge in [-0.3, -0.25) is 4.79 Å². The van der Waals surface area contributed by atoms with Crippen molar-refractivity contribution in [2.24, 2.45) is 0 Å². The molecule has 0 aliphatic heterocycles. The van der Waals surface area contributed by atoms with E-state index in [4.69, 9.17) is 9.84 Å². The Morgan fingerprint density at radius 3 is 2.85 bits per heavy atom. The van der Waals surface area contributed by atoms with Crippen LogP contribution in [0.4, 0.5) is 0 Å². The molecule has 0 amide bonds. The van der Waals surface area contributed by atoms with Gasteiger partial charge in [0.05, 0.1) is 13.2 Å².